The Morgan fingerprint density at radius 2 is 1.33 bits per heavy atom. The Morgan fingerprint density at radius 3 is 1.93 bits per heavy atom. The van der Waals surface area contributed by atoms with Gasteiger partial charge >= 0.3 is 0 Å². The molecule has 4 N–H and O–H groups in total. The van der Waals surface area contributed by atoms with Gasteiger partial charge in [-0.15, -0.1) is 0 Å². The van der Waals surface area contributed by atoms with Gasteiger partial charge in [0.05, 0.1) is 0 Å². The number of aryl methyl sites for hydroxylation is 1. The fourth-order valence-corrected chi connectivity index (χ4v) is 1.46. The smallest absolute Gasteiger partial charge is 0.0181 e. The number of hydrogen-bond acceptors (Lipinski definition) is 2. The van der Waals surface area contributed by atoms with Crippen LogP contribution in [0, 0.1) is 6.92 Å². The van der Waals surface area contributed by atoms with Crippen molar-refractivity contribution in [1.29, 1.82) is 0 Å². The molecule has 0 saturated carbocycles. The summed E-state index contributed by atoms with van der Waals surface area (Å²) < 4.78 is 0. The van der Waals surface area contributed by atoms with E-state index in [0.29, 0.717) is 0 Å². The van der Waals surface area contributed by atoms with E-state index < -0.39 is 0 Å². The minimum Gasteiger partial charge on any atom is -0.274 e. The number of nitrogens with two attached hydrogens (primary N) is 2. The minimum absolute atomic E-state index is 1.28. The van der Waals surface area contributed by atoms with Crippen LogP contribution in [0.1, 0.15) is 5.56 Å². The maximum Gasteiger partial charge on any atom is -0.0181 e. The first-order valence-electron chi connectivity index (χ1n) is 4.82. The van der Waals surface area contributed by atoms with E-state index in [9.17, 15) is 0 Å². The van der Waals surface area contributed by atoms with E-state index >= 15 is 0 Å². The molecule has 2 rings (SSSR count). The molecule has 0 atom stereocenters. The zero-order valence-corrected chi connectivity index (χ0v) is 8.85. The highest BCUT2D eigenvalue weighted by molar-refractivity contribution is 5.63. The van der Waals surface area contributed by atoms with Gasteiger partial charge in [0, 0.05) is 0 Å². The zero-order valence-electron chi connectivity index (χ0n) is 8.85. The molecule has 0 aliphatic heterocycles. The molecule has 0 aromatic heterocycles. The molecule has 0 fully saturated rings. The van der Waals surface area contributed by atoms with Gasteiger partial charge in [-0.2, -0.15) is 0 Å². The maximum atomic E-state index is 4.00. The lowest BCUT2D eigenvalue weighted by Gasteiger charge is -2.01. The second-order valence-corrected chi connectivity index (χ2v) is 3.24. The van der Waals surface area contributed by atoms with E-state index in [-0.39, 0.29) is 0 Å². The average Bonchev–Trinajstić information content (AvgIpc) is 2.33. The van der Waals surface area contributed by atoms with Crippen molar-refractivity contribution in [3.63, 3.8) is 0 Å². The predicted molar refractivity (Wildman–Crippen MR) is 65.0 cm³/mol. The van der Waals surface area contributed by atoms with E-state index in [1.165, 1.54) is 16.7 Å². The topological polar surface area (TPSA) is 52.0 Å². The summed E-state index contributed by atoms with van der Waals surface area (Å²) in [5, 5.41) is 0. The van der Waals surface area contributed by atoms with E-state index in [0.717, 1.165) is 0 Å². The van der Waals surface area contributed by atoms with Crippen molar-refractivity contribution >= 4 is 0 Å². The summed E-state index contributed by atoms with van der Waals surface area (Å²) in [6, 6.07) is 19.0. The van der Waals surface area contributed by atoms with Gasteiger partial charge in [-0.25, -0.2) is 0 Å². The van der Waals surface area contributed by atoms with Crippen molar-refractivity contribution in [3.8, 4) is 11.1 Å². The van der Waals surface area contributed by atoms with Crippen LogP contribution in [0.25, 0.3) is 11.1 Å². The lowest BCUT2D eigenvalue weighted by atomic mass is 10.0. The third-order valence-corrected chi connectivity index (χ3v) is 2.13. The highest BCUT2D eigenvalue weighted by atomic mass is 15.0. The normalized spacial score (nSPS) is 9.00. The second kappa shape index (κ2) is 5.96. The Bertz CT molecular complexity index is 396. The molecule has 0 saturated heterocycles. The quantitative estimate of drug-likeness (QED) is 0.549. The number of rotatable bonds is 1. The molecule has 2 aromatic rings. The van der Waals surface area contributed by atoms with Crippen molar-refractivity contribution in [3.05, 3.63) is 60.2 Å². The van der Waals surface area contributed by atoms with Crippen LogP contribution in [0.15, 0.2) is 54.6 Å². The molecule has 0 amide bonds. The van der Waals surface area contributed by atoms with Crippen molar-refractivity contribution in [2.24, 2.45) is 11.7 Å². The third-order valence-electron chi connectivity index (χ3n) is 2.13. The molecule has 78 valence electrons. The number of hydrogen-bond donors (Lipinski definition) is 2. The average molecular weight is 200 g/mol. The van der Waals surface area contributed by atoms with Crippen molar-refractivity contribution in [2.75, 3.05) is 0 Å². The highest BCUT2D eigenvalue weighted by Gasteiger charge is 1.94. The van der Waals surface area contributed by atoms with Crippen LogP contribution in [-0.2, 0) is 0 Å². The van der Waals surface area contributed by atoms with E-state index in [1.54, 1.807) is 0 Å². The summed E-state index contributed by atoms with van der Waals surface area (Å²) in [5.74, 6) is 8.00. The first kappa shape index (κ1) is 11.4. The molecular weight excluding hydrogens is 184 g/mol. The van der Waals surface area contributed by atoms with Crippen LogP contribution in [0.2, 0.25) is 0 Å². The fraction of sp³-hybridized carbons (Fsp3) is 0.0769. The molecule has 2 heteroatoms. The molecule has 15 heavy (non-hydrogen) atoms. The Morgan fingerprint density at radius 1 is 0.733 bits per heavy atom. The minimum atomic E-state index is 1.28. The zero-order chi connectivity index (χ0) is 11.1. The van der Waals surface area contributed by atoms with Gasteiger partial charge in [0.2, 0.25) is 0 Å². The standard InChI is InChI=1S/C13H12.H4N2/c1-11-6-5-9-13(10-11)12-7-3-2-4-8-12;1-2/h2-10H,1H3;1-2H2. The van der Waals surface area contributed by atoms with Gasteiger partial charge in [0.25, 0.3) is 0 Å². The summed E-state index contributed by atoms with van der Waals surface area (Å²) in [4.78, 5) is 0. The first-order chi connectivity index (χ1) is 7.36. The molecular formula is C13H16N2. The van der Waals surface area contributed by atoms with Crippen molar-refractivity contribution in [1.82, 2.24) is 0 Å². The van der Waals surface area contributed by atoms with Gasteiger partial charge in [0.1, 0.15) is 0 Å². The SMILES string of the molecule is Cc1cccc(-c2ccccc2)c1.NN. The highest BCUT2D eigenvalue weighted by Crippen LogP contribution is 2.19. The van der Waals surface area contributed by atoms with Crippen LogP contribution >= 0.6 is 0 Å². The van der Waals surface area contributed by atoms with Gasteiger partial charge in [-0.3, -0.25) is 11.7 Å². The maximum absolute atomic E-state index is 4.00. The molecule has 0 radical (unpaired) electrons. The van der Waals surface area contributed by atoms with Crippen LogP contribution in [0.3, 0.4) is 0 Å². The van der Waals surface area contributed by atoms with E-state index in [1.807, 2.05) is 6.07 Å². The predicted octanol–water partition coefficient (Wildman–Crippen LogP) is 2.48. The lowest BCUT2D eigenvalue weighted by Crippen LogP contribution is -2.02. The summed E-state index contributed by atoms with van der Waals surface area (Å²) in [6.45, 7) is 2.12. The van der Waals surface area contributed by atoms with Gasteiger partial charge < -0.3 is 0 Å². The molecule has 2 nitrogen and oxygen atoms in total. The lowest BCUT2D eigenvalue weighted by molar-refractivity contribution is 1.26. The van der Waals surface area contributed by atoms with Crippen LogP contribution in [0.4, 0.5) is 0 Å². The third kappa shape index (κ3) is 3.20. The van der Waals surface area contributed by atoms with Crippen LogP contribution in [0.5, 0.6) is 0 Å². The van der Waals surface area contributed by atoms with Crippen molar-refractivity contribution in [2.45, 2.75) is 6.92 Å². The van der Waals surface area contributed by atoms with Gasteiger partial charge in [-0.05, 0) is 18.1 Å². The number of hydrazine groups is 1. The molecule has 0 heterocycles. The van der Waals surface area contributed by atoms with Crippen LogP contribution in [-0.4, -0.2) is 0 Å². The van der Waals surface area contributed by atoms with Gasteiger partial charge in [0.15, 0.2) is 0 Å². The van der Waals surface area contributed by atoms with Gasteiger partial charge in [-0.1, -0.05) is 60.2 Å². The molecule has 0 bridgehead atoms. The summed E-state index contributed by atoms with van der Waals surface area (Å²) >= 11 is 0. The van der Waals surface area contributed by atoms with E-state index in [2.05, 4.69) is 67.1 Å². The Balaban J connectivity index is 0.000000531. The first-order valence-corrected chi connectivity index (χ1v) is 4.82. The second-order valence-electron chi connectivity index (χ2n) is 3.24. The molecule has 0 aliphatic carbocycles. The monoisotopic (exact) mass is 200 g/mol. The largest absolute Gasteiger partial charge is 0.274 e. The fourth-order valence-electron chi connectivity index (χ4n) is 1.46. The Hall–Kier alpha value is -1.64. The number of benzene rings is 2. The van der Waals surface area contributed by atoms with Crippen molar-refractivity contribution < 1.29 is 0 Å². The Labute approximate surface area is 90.5 Å². The molecule has 0 spiro atoms. The molecule has 0 aliphatic rings. The van der Waals surface area contributed by atoms with E-state index in [4.69, 9.17) is 0 Å². The summed E-state index contributed by atoms with van der Waals surface area (Å²) in [5.41, 5.74) is 3.88. The molecule has 0 unspecified atom stereocenters. The molecule has 2 aromatic carbocycles. The van der Waals surface area contributed by atoms with Crippen LogP contribution < -0.4 is 11.7 Å². The summed E-state index contributed by atoms with van der Waals surface area (Å²) in [6.07, 6.45) is 0. The Kier molecular flexibility index (Phi) is 4.54. The summed E-state index contributed by atoms with van der Waals surface area (Å²) in [7, 11) is 0.